The molecule has 1 aliphatic heterocycles. The SMILES string of the molecule is C=C1C[C@@H]2[C@@]3(C)C=CC(=O)C(C)(C)[C@@H]3C[C@H](OC(C)=O)[C@@]2(C)[C@@H]2C(=O)O[C@@](C)(C(=O)OC)C(=O)[C@]12C. The van der Waals surface area contributed by atoms with Gasteiger partial charge in [-0.25, -0.2) is 4.79 Å². The van der Waals surface area contributed by atoms with Gasteiger partial charge in [-0.1, -0.05) is 45.9 Å². The number of methoxy groups -OCH3 is 1. The topological polar surface area (TPSA) is 113 Å². The fraction of sp³-hybridized carbons (Fsp3) is 0.679. The van der Waals surface area contributed by atoms with Crippen LogP contribution in [0.2, 0.25) is 0 Å². The van der Waals surface area contributed by atoms with Gasteiger partial charge >= 0.3 is 17.9 Å². The summed E-state index contributed by atoms with van der Waals surface area (Å²) in [6, 6.07) is 0. The number of carbonyl (C=O) groups excluding carboxylic acids is 5. The number of esters is 3. The van der Waals surface area contributed by atoms with Crippen LogP contribution >= 0.6 is 0 Å². The summed E-state index contributed by atoms with van der Waals surface area (Å²) in [5, 5.41) is 0. The van der Waals surface area contributed by atoms with Crippen LogP contribution in [-0.4, -0.2) is 48.3 Å². The van der Waals surface area contributed by atoms with Crippen molar-refractivity contribution in [1.82, 2.24) is 0 Å². The van der Waals surface area contributed by atoms with Crippen molar-refractivity contribution in [2.45, 2.75) is 73.0 Å². The molecule has 2 saturated carbocycles. The summed E-state index contributed by atoms with van der Waals surface area (Å²) in [6.45, 7) is 16.2. The average molecular weight is 501 g/mol. The molecule has 0 aromatic heterocycles. The van der Waals surface area contributed by atoms with Gasteiger partial charge in [0, 0.05) is 17.8 Å². The normalized spacial score (nSPS) is 45.1. The first kappa shape index (κ1) is 26.3. The van der Waals surface area contributed by atoms with Crippen LogP contribution < -0.4 is 0 Å². The van der Waals surface area contributed by atoms with E-state index < -0.39 is 63.0 Å². The summed E-state index contributed by atoms with van der Waals surface area (Å²) in [6.07, 6.45) is 3.44. The van der Waals surface area contributed by atoms with Gasteiger partial charge in [-0.3, -0.25) is 19.2 Å². The molecule has 36 heavy (non-hydrogen) atoms. The van der Waals surface area contributed by atoms with Crippen LogP contribution in [0.1, 0.15) is 61.3 Å². The molecular weight excluding hydrogens is 464 g/mol. The molecule has 4 rings (SSSR count). The molecule has 0 amide bonds. The number of ether oxygens (including phenoxy) is 3. The molecule has 0 aromatic rings. The minimum absolute atomic E-state index is 0.00396. The molecule has 1 saturated heterocycles. The van der Waals surface area contributed by atoms with E-state index in [2.05, 4.69) is 13.5 Å². The molecular formula is C28H36O8. The third-order valence-electron chi connectivity index (χ3n) is 10.2. The van der Waals surface area contributed by atoms with Crippen molar-refractivity contribution in [3.8, 4) is 0 Å². The van der Waals surface area contributed by atoms with E-state index in [4.69, 9.17) is 14.2 Å². The smallest absolute Gasteiger partial charge is 0.358 e. The Balaban J connectivity index is 1.96. The molecule has 0 radical (unpaired) electrons. The van der Waals surface area contributed by atoms with Gasteiger partial charge in [-0.2, -0.15) is 0 Å². The van der Waals surface area contributed by atoms with Crippen LogP contribution in [0.4, 0.5) is 0 Å². The maximum Gasteiger partial charge on any atom is 0.358 e. The number of carbonyl (C=O) groups is 5. The largest absolute Gasteiger partial charge is 0.466 e. The molecule has 196 valence electrons. The summed E-state index contributed by atoms with van der Waals surface area (Å²) in [5.41, 5.74) is -5.37. The van der Waals surface area contributed by atoms with Crippen molar-refractivity contribution < 1.29 is 38.2 Å². The van der Waals surface area contributed by atoms with Crippen LogP contribution in [0.5, 0.6) is 0 Å². The number of hydrogen-bond acceptors (Lipinski definition) is 8. The number of fused-ring (bicyclic) bond motifs is 5. The zero-order valence-corrected chi connectivity index (χ0v) is 22.4. The van der Waals surface area contributed by atoms with Gasteiger partial charge in [-0.05, 0) is 50.0 Å². The first-order valence-electron chi connectivity index (χ1n) is 12.4. The Bertz CT molecular complexity index is 1130. The van der Waals surface area contributed by atoms with Gasteiger partial charge in [0.05, 0.1) is 18.4 Å². The number of cyclic esters (lactones) is 1. The molecule has 8 heteroatoms. The van der Waals surface area contributed by atoms with Crippen LogP contribution in [0.25, 0.3) is 0 Å². The van der Waals surface area contributed by atoms with E-state index in [1.807, 2.05) is 26.8 Å². The maximum atomic E-state index is 14.0. The van der Waals surface area contributed by atoms with E-state index in [0.29, 0.717) is 18.4 Å². The Kier molecular flexibility index (Phi) is 5.57. The van der Waals surface area contributed by atoms with Gasteiger partial charge < -0.3 is 14.2 Å². The van der Waals surface area contributed by atoms with Gasteiger partial charge in [0.2, 0.25) is 0 Å². The summed E-state index contributed by atoms with van der Waals surface area (Å²) < 4.78 is 16.3. The van der Waals surface area contributed by atoms with E-state index in [1.54, 1.807) is 13.0 Å². The standard InChI is InChI=1S/C28H36O8/c1-14-12-17-25(5)11-10-18(30)24(3,4)16(25)13-19(35-15(2)29)27(17,7)20-21(31)36-28(8,23(33)34-9)22(32)26(14,20)6/h10-11,16-17,19-20H,1,12-13H2,2-9H3/t16-,17+,19-,20+,25-,26+,27-,28+/m0/s1. The molecule has 0 bridgehead atoms. The molecule has 0 N–H and O–H groups in total. The second-order valence-electron chi connectivity index (χ2n) is 12.3. The van der Waals surface area contributed by atoms with Crippen molar-refractivity contribution in [3.05, 3.63) is 24.3 Å². The summed E-state index contributed by atoms with van der Waals surface area (Å²) in [5.74, 6) is -4.34. The number of hydrogen-bond donors (Lipinski definition) is 0. The van der Waals surface area contributed by atoms with E-state index >= 15 is 0 Å². The Hall–Kier alpha value is -2.77. The van der Waals surface area contributed by atoms with E-state index in [1.165, 1.54) is 13.8 Å². The molecule has 8 atom stereocenters. The highest BCUT2D eigenvalue weighted by Gasteiger charge is 2.76. The first-order valence-corrected chi connectivity index (χ1v) is 12.4. The lowest BCUT2D eigenvalue weighted by Crippen LogP contribution is -2.73. The van der Waals surface area contributed by atoms with Crippen molar-refractivity contribution in [3.63, 3.8) is 0 Å². The Morgan fingerprint density at radius 1 is 1.06 bits per heavy atom. The zero-order chi connectivity index (χ0) is 27.2. The second kappa shape index (κ2) is 7.62. The average Bonchev–Trinajstić information content (AvgIpc) is 2.78. The van der Waals surface area contributed by atoms with Crippen LogP contribution in [0.3, 0.4) is 0 Å². The second-order valence-corrected chi connectivity index (χ2v) is 12.3. The fourth-order valence-corrected chi connectivity index (χ4v) is 8.20. The first-order chi connectivity index (χ1) is 16.4. The van der Waals surface area contributed by atoms with Crippen molar-refractivity contribution in [2.24, 2.45) is 39.4 Å². The third kappa shape index (κ3) is 2.96. The molecule has 8 nitrogen and oxygen atoms in total. The van der Waals surface area contributed by atoms with Crippen LogP contribution in [0, 0.1) is 39.4 Å². The Morgan fingerprint density at radius 2 is 1.67 bits per heavy atom. The molecule has 3 fully saturated rings. The molecule has 4 aliphatic rings. The lowest BCUT2D eigenvalue weighted by atomic mass is 9.35. The quantitative estimate of drug-likeness (QED) is 0.245. The van der Waals surface area contributed by atoms with Crippen molar-refractivity contribution in [2.75, 3.05) is 7.11 Å². The highest BCUT2D eigenvalue weighted by Crippen LogP contribution is 2.71. The highest BCUT2D eigenvalue weighted by atomic mass is 16.6. The van der Waals surface area contributed by atoms with E-state index in [9.17, 15) is 24.0 Å². The van der Waals surface area contributed by atoms with E-state index in [-0.39, 0.29) is 17.6 Å². The number of allylic oxidation sites excluding steroid dienone is 3. The van der Waals surface area contributed by atoms with Crippen molar-refractivity contribution >= 4 is 29.5 Å². The summed E-state index contributed by atoms with van der Waals surface area (Å²) in [4.78, 5) is 65.7. The third-order valence-corrected chi connectivity index (χ3v) is 10.2. The minimum Gasteiger partial charge on any atom is -0.466 e. The predicted molar refractivity (Wildman–Crippen MR) is 128 cm³/mol. The summed E-state index contributed by atoms with van der Waals surface area (Å²) in [7, 11) is 1.13. The molecule has 1 heterocycles. The monoisotopic (exact) mass is 500 g/mol. The molecule has 3 aliphatic carbocycles. The van der Waals surface area contributed by atoms with Crippen LogP contribution in [0.15, 0.2) is 24.3 Å². The maximum absolute atomic E-state index is 14.0. The minimum atomic E-state index is -2.11. The number of ketones is 2. The predicted octanol–water partition coefficient (Wildman–Crippen LogP) is 3.37. The van der Waals surface area contributed by atoms with Crippen LogP contribution in [-0.2, 0) is 38.2 Å². The highest BCUT2D eigenvalue weighted by molar-refractivity contribution is 6.15. The number of rotatable bonds is 2. The van der Waals surface area contributed by atoms with Gasteiger partial charge in [0.1, 0.15) is 6.10 Å². The lowest BCUT2D eigenvalue weighted by molar-refractivity contribution is -0.240. The Labute approximate surface area is 211 Å². The number of Topliss-reactive ketones (excluding diaryl/α,β-unsaturated/α-hetero) is 1. The molecule has 0 spiro atoms. The van der Waals surface area contributed by atoms with Crippen molar-refractivity contribution in [1.29, 1.82) is 0 Å². The summed E-state index contributed by atoms with van der Waals surface area (Å²) >= 11 is 0. The van der Waals surface area contributed by atoms with Gasteiger partial charge in [0.15, 0.2) is 11.6 Å². The zero-order valence-electron chi connectivity index (χ0n) is 22.4. The van der Waals surface area contributed by atoms with E-state index in [0.717, 1.165) is 7.11 Å². The lowest BCUT2D eigenvalue weighted by Gasteiger charge is -2.68. The fourth-order valence-electron chi connectivity index (χ4n) is 8.20. The van der Waals surface area contributed by atoms with Gasteiger partial charge in [-0.15, -0.1) is 0 Å². The molecule has 0 aromatic carbocycles. The van der Waals surface area contributed by atoms with Gasteiger partial charge in [0.25, 0.3) is 5.60 Å². The Morgan fingerprint density at radius 3 is 2.22 bits per heavy atom. The molecule has 0 unspecified atom stereocenters.